The van der Waals surface area contributed by atoms with Gasteiger partial charge in [0.25, 0.3) is 0 Å². The van der Waals surface area contributed by atoms with Crippen molar-refractivity contribution in [2.75, 3.05) is 24.5 Å². The molecule has 0 unspecified atom stereocenters. The normalized spacial score (nSPS) is 22.5. The third-order valence-corrected chi connectivity index (χ3v) is 5.00. The molecule has 1 saturated heterocycles. The molecular formula is C16H25N3. The van der Waals surface area contributed by atoms with Crippen LogP contribution in [-0.4, -0.2) is 30.7 Å². The van der Waals surface area contributed by atoms with Gasteiger partial charge in [0.2, 0.25) is 0 Å². The fourth-order valence-electron chi connectivity index (χ4n) is 3.09. The van der Waals surface area contributed by atoms with E-state index in [1.54, 1.807) is 0 Å². The number of aromatic nitrogens is 1. The average Bonchev–Trinajstić information content (AvgIpc) is 3.27. The molecule has 1 aromatic heterocycles. The predicted octanol–water partition coefficient (Wildman–Crippen LogP) is 2.83. The lowest BCUT2D eigenvalue weighted by atomic mass is 10.0. The van der Waals surface area contributed by atoms with Gasteiger partial charge >= 0.3 is 0 Å². The molecule has 3 rings (SSSR count). The lowest BCUT2D eigenvalue weighted by molar-refractivity contribution is 0.358. The summed E-state index contributed by atoms with van der Waals surface area (Å²) in [5, 5.41) is 3.81. The Morgan fingerprint density at radius 3 is 2.53 bits per heavy atom. The summed E-state index contributed by atoms with van der Waals surface area (Å²) in [6.45, 7) is 5.91. The van der Waals surface area contributed by atoms with Crippen LogP contribution in [0.4, 0.5) is 5.69 Å². The van der Waals surface area contributed by atoms with Gasteiger partial charge in [0.1, 0.15) is 0 Å². The molecule has 104 valence electrons. The monoisotopic (exact) mass is 259 g/mol. The zero-order valence-electron chi connectivity index (χ0n) is 11.9. The van der Waals surface area contributed by atoms with Crippen LogP contribution in [0, 0.1) is 5.41 Å². The van der Waals surface area contributed by atoms with E-state index in [0.29, 0.717) is 5.41 Å². The summed E-state index contributed by atoms with van der Waals surface area (Å²) in [5.41, 5.74) is 1.99. The molecule has 1 aliphatic heterocycles. The second kappa shape index (κ2) is 5.49. The maximum atomic E-state index is 4.09. The van der Waals surface area contributed by atoms with Gasteiger partial charge in [0.15, 0.2) is 0 Å². The molecule has 1 aliphatic carbocycles. The SMILES string of the molecule is CCC1(CNC2CCN(c3ccncc3)CC2)CC1. The van der Waals surface area contributed by atoms with Crippen LogP contribution in [0.15, 0.2) is 24.5 Å². The summed E-state index contributed by atoms with van der Waals surface area (Å²) >= 11 is 0. The molecule has 2 aliphatic rings. The van der Waals surface area contributed by atoms with Crippen LogP contribution < -0.4 is 10.2 Å². The molecule has 1 N–H and O–H groups in total. The van der Waals surface area contributed by atoms with Gasteiger partial charge in [-0.25, -0.2) is 0 Å². The van der Waals surface area contributed by atoms with E-state index in [-0.39, 0.29) is 0 Å². The van der Waals surface area contributed by atoms with E-state index >= 15 is 0 Å². The Labute approximate surface area is 116 Å². The molecule has 0 spiro atoms. The molecule has 0 bridgehead atoms. The Hall–Kier alpha value is -1.09. The largest absolute Gasteiger partial charge is 0.371 e. The van der Waals surface area contributed by atoms with Gasteiger partial charge in [-0.1, -0.05) is 6.92 Å². The third kappa shape index (κ3) is 3.08. The second-order valence-electron chi connectivity index (χ2n) is 6.20. The Bertz CT molecular complexity index is 392. The average molecular weight is 259 g/mol. The van der Waals surface area contributed by atoms with Crippen molar-refractivity contribution in [1.29, 1.82) is 0 Å². The number of rotatable bonds is 5. The van der Waals surface area contributed by atoms with Crippen LogP contribution in [0.1, 0.15) is 39.0 Å². The van der Waals surface area contributed by atoms with E-state index < -0.39 is 0 Å². The van der Waals surface area contributed by atoms with Gasteiger partial charge in [0, 0.05) is 43.8 Å². The first kappa shape index (κ1) is 12.9. The standard InChI is InChI=1S/C16H25N3/c1-2-16(7-8-16)13-18-14-5-11-19(12-6-14)15-3-9-17-10-4-15/h3-4,9-10,14,18H,2,5-8,11-13H2,1H3. The Kier molecular flexibility index (Phi) is 3.74. The highest BCUT2D eigenvalue weighted by molar-refractivity contribution is 5.44. The van der Waals surface area contributed by atoms with Crippen LogP contribution in [0.3, 0.4) is 0 Å². The van der Waals surface area contributed by atoms with Crippen molar-refractivity contribution in [2.24, 2.45) is 5.41 Å². The van der Waals surface area contributed by atoms with Crippen molar-refractivity contribution in [3.05, 3.63) is 24.5 Å². The van der Waals surface area contributed by atoms with Gasteiger partial charge in [0.05, 0.1) is 0 Å². The van der Waals surface area contributed by atoms with Crippen molar-refractivity contribution in [1.82, 2.24) is 10.3 Å². The van der Waals surface area contributed by atoms with Crippen LogP contribution in [0.25, 0.3) is 0 Å². The van der Waals surface area contributed by atoms with Crippen LogP contribution in [0.5, 0.6) is 0 Å². The first-order chi connectivity index (χ1) is 9.31. The molecule has 0 amide bonds. The van der Waals surface area contributed by atoms with E-state index in [0.717, 1.165) is 6.04 Å². The van der Waals surface area contributed by atoms with Gasteiger partial charge in [-0.3, -0.25) is 4.98 Å². The minimum atomic E-state index is 0.669. The molecule has 1 aromatic rings. The number of hydrogen-bond donors (Lipinski definition) is 1. The van der Waals surface area contributed by atoms with Crippen molar-refractivity contribution in [3.63, 3.8) is 0 Å². The van der Waals surface area contributed by atoms with Crippen LogP contribution in [-0.2, 0) is 0 Å². The highest BCUT2D eigenvalue weighted by Crippen LogP contribution is 2.48. The fraction of sp³-hybridized carbons (Fsp3) is 0.688. The molecule has 2 fully saturated rings. The van der Waals surface area contributed by atoms with E-state index in [9.17, 15) is 0 Å². The predicted molar refractivity (Wildman–Crippen MR) is 79.4 cm³/mol. The zero-order chi connectivity index (χ0) is 13.1. The lowest BCUT2D eigenvalue weighted by Gasteiger charge is -2.34. The number of anilines is 1. The zero-order valence-corrected chi connectivity index (χ0v) is 11.9. The van der Waals surface area contributed by atoms with Crippen molar-refractivity contribution in [2.45, 2.75) is 45.1 Å². The number of hydrogen-bond acceptors (Lipinski definition) is 3. The molecule has 19 heavy (non-hydrogen) atoms. The maximum Gasteiger partial charge on any atom is 0.0397 e. The summed E-state index contributed by atoms with van der Waals surface area (Å²) in [6, 6.07) is 4.95. The summed E-state index contributed by atoms with van der Waals surface area (Å²) in [4.78, 5) is 6.57. The van der Waals surface area contributed by atoms with E-state index in [4.69, 9.17) is 0 Å². The third-order valence-electron chi connectivity index (χ3n) is 5.00. The lowest BCUT2D eigenvalue weighted by Crippen LogP contribution is -2.44. The minimum Gasteiger partial charge on any atom is -0.371 e. The molecule has 3 heteroatoms. The number of piperidine rings is 1. The Morgan fingerprint density at radius 1 is 1.26 bits per heavy atom. The smallest absolute Gasteiger partial charge is 0.0397 e. The van der Waals surface area contributed by atoms with Crippen molar-refractivity contribution < 1.29 is 0 Å². The first-order valence-electron chi connectivity index (χ1n) is 7.70. The van der Waals surface area contributed by atoms with Gasteiger partial charge < -0.3 is 10.2 Å². The maximum absolute atomic E-state index is 4.09. The van der Waals surface area contributed by atoms with Crippen LogP contribution in [0.2, 0.25) is 0 Å². The van der Waals surface area contributed by atoms with Crippen LogP contribution >= 0.6 is 0 Å². The first-order valence-corrected chi connectivity index (χ1v) is 7.70. The Balaban J connectivity index is 1.45. The second-order valence-corrected chi connectivity index (χ2v) is 6.20. The molecular weight excluding hydrogens is 234 g/mol. The quantitative estimate of drug-likeness (QED) is 0.881. The van der Waals surface area contributed by atoms with E-state index in [1.165, 1.54) is 57.4 Å². The number of nitrogens with zero attached hydrogens (tertiary/aromatic N) is 2. The van der Waals surface area contributed by atoms with Gasteiger partial charge in [-0.15, -0.1) is 0 Å². The molecule has 2 heterocycles. The van der Waals surface area contributed by atoms with E-state index in [2.05, 4.69) is 34.3 Å². The summed E-state index contributed by atoms with van der Waals surface area (Å²) in [6.07, 6.45) is 10.5. The molecule has 3 nitrogen and oxygen atoms in total. The summed E-state index contributed by atoms with van der Waals surface area (Å²) in [7, 11) is 0. The molecule has 0 radical (unpaired) electrons. The highest BCUT2D eigenvalue weighted by atomic mass is 15.1. The molecule has 1 saturated carbocycles. The van der Waals surface area contributed by atoms with Crippen molar-refractivity contribution >= 4 is 5.69 Å². The minimum absolute atomic E-state index is 0.669. The van der Waals surface area contributed by atoms with Gasteiger partial charge in [-0.2, -0.15) is 0 Å². The highest BCUT2D eigenvalue weighted by Gasteiger charge is 2.40. The molecule has 0 aromatic carbocycles. The molecule has 0 atom stereocenters. The summed E-state index contributed by atoms with van der Waals surface area (Å²) in [5.74, 6) is 0. The van der Waals surface area contributed by atoms with E-state index in [1.807, 2.05) is 12.4 Å². The topological polar surface area (TPSA) is 28.2 Å². The fourth-order valence-corrected chi connectivity index (χ4v) is 3.09. The Morgan fingerprint density at radius 2 is 1.95 bits per heavy atom. The van der Waals surface area contributed by atoms with Crippen molar-refractivity contribution in [3.8, 4) is 0 Å². The van der Waals surface area contributed by atoms with Gasteiger partial charge in [-0.05, 0) is 49.7 Å². The number of nitrogens with one attached hydrogen (secondary N) is 1. The number of pyridine rings is 1. The summed E-state index contributed by atoms with van der Waals surface area (Å²) < 4.78 is 0.